The number of furan rings is 1. The number of para-hydroxylation sites is 2. The van der Waals surface area contributed by atoms with Crippen molar-refractivity contribution >= 4 is 123 Å². The zero-order valence-electron chi connectivity index (χ0n) is 67.2. The first-order valence-electron chi connectivity index (χ1n) is 39.7. The Kier molecular flexibility index (Phi) is 13.4. The quantitative estimate of drug-likeness (QED) is 0.142. The van der Waals surface area contributed by atoms with Crippen molar-refractivity contribution in [2.75, 3.05) is 9.80 Å². The fourth-order valence-corrected chi connectivity index (χ4v) is 16.9. The number of fused-ring (bicyclic) bond motifs is 13. The molecule has 0 spiro atoms. The number of anilines is 6. The van der Waals surface area contributed by atoms with Gasteiger partial charge in [-0.25, -0.2) is 0 Å². The zero-order chi connectivity index (χ0) is 76.8. The van der Waals surface area contributed by atoms with E-state index in [1.54, 1.807) is 0 Å². The molecule has 106 heavy (non-hydrogen) atoms. The molecule has 2 aliphatic rings. The molecule has 14 aromatic carbocycles. The third-order valence-corrected chi connectivity index (χ3v) is 22.6. The van der Waals surface area contributed by atoms with Crippen molar-refractivity contribution in [3.63, 3.8) is 0 Å². The Morgan fingerprint density at radius 2 is 0.679 bits per heavy atom. The van der Waals surface area contributed by atoms with E-state index in [-0.39, 0.29) is 39.3 Å². The molecule has 0 aliphatic carbocycles. The van der Waals surface area contributed by atoms with Gasteiger partial charge in [-0.05, 0) is 214 Å². The van der Waals surface area contributed by atoms with Gasteiger partial charge in [-0.2, -0.15) is 0 Å². The molecule has 6 heteroatoms. The molecule has 0 saturated carbocycles. The van der Waals surface area contributed by atoms with E-state index in [9.17, 15) is 2.74 Å². The van der Waals surface area contributed by atoms with Crippen LogP contribution in [-0.4, -0.2) is 15.8 Å². The Bertz CT molecular complexity index is 6530. The van der Waals surface area contributed by atoms with E-state index < -0.39 is 24.8 Å². The Balaban J connectivity index is 0.930. The third kappa shape index (κ3) is 10.5. The lowest BCUT2D eigenvalue weighted by atomic mass is 9.33. The van der Waals surface area contributed by atoms with Crippen molar-refractivity contribution in [3.8, 4) is 55.9 Å². The van der Waals surface area contributed by atoms with Crippen molar-refractivity contribution in [2.24, 2.45) is 0 Å². The van der Waals surface area contributed by atoms with Crippen LogP contribution in [0.1, 0.15) is 112 Å². The van der Waals surface area contributed by atoms with Crippen LogP contribution in [0, 0.1) is 0 Å². The normalized spacial score (nSPS) is 13.9. The van der Waals surface area contributed by atoms with Gasteiger partial charge in [0.05, 0.1) is 40.3 Å². The number of benzene rings is 14. The highest BCUT2D eigenvalue weighted by atomic mass is 16.3. The molecule has 3 aromatic heterocycles. The molecule has 0 N–H and O–H groups in total. The van der Waals surface area contributed by atoms with Gasteiger partial charge >= 0.3 is 0 Å². The molecule has 514 valence electrons. The summed E-state index contributed by atoms with van der Waals surface area (Å²) in [5, 5.41) is 6.64. The summed E-state index contributed by atoms with van der Waals surface area (Å²) < 4.78 is 58.8. The maximum Gasteiger partial charge on any atom is 0.252 e. The topological polar surface area (TPSA) is 29.5 Å². The Labute approximate surface area is 629 Å². The number of nitrogens with zero attached hydrogens (tertiary/aromatic N) is 4. The first kappa shape index (κ1) is 59.5. The predicted molar refractivity (Wildman–Crippen MR) is 453 cm³/mol. The summed E-state index contributed by atoms with van der Waals surface area (Å²) in [5.74, 6) is 0. The molecular formula is C100H85BN4O. The van der Waals surface area contributed by atoms with Gasteiger partial charge < -0.3 is 23.4 Å². The van der Waals surface area contributed by atoms with Gasteiger partial charge in [-0.3, -0.25) is 0 Å². The Morgan fingerprint density at radius 3 is 1.15 bits per heavy atom. The van der Waals surface area contributed by atoms with Crippen LogP contribution in [0.5, 0.6) is 0 Å². The van der Waals surface area contributed by atoms with E-state index in [0.29, 0.717) is 11.1 Å². The maximum atomic E-state index is 9.59. The van der Waals surface area contributed by atoms with Gasteiger partial charge in [-0.1, -0.05) is 271 Å². The minimum absolute atomic E-state index is 0.0881. The molecular weight excluding hydrogens is 1280 g/mol. The monoisotopic (exact) mass is 1370 g/mol. The smallest absolute Gasteiger partial charge is 0.252 e. The van der Waals surface area contributed by atoms with Crippen LogP contribution < -0.4 is 26.2 Å². The van der Waals surface area contributed by atoms with Crippen LogP contribution in [-0.2, 0) is 21.7 Å². The van der Waals surface area contributed by atoms with E-state index in [1.807, 2.05) is 6.07 Å². The van der Waals surface area contributed by atoms with Crippen molar-refractivity contribution < 1.29 is 11.3 Å². The van der Waals surface area contributed by atoms with Crippen LogP contribution in [0.2, 0.25) is 0 Å². The molecule has 5 heterocycles. The average molecular weight is 1370 g/mol. The molecule has 19 rings (SSSR count). The first-order valence-corrected chi connectivity index (χ1v) is 37.2. The van der Waals surface area contributed by atoms with Crippen molar-refractivity contribution in [2.45, 2.75) is 105 Å². The van der Waals surface area contributed by atoms with Gasteiger partial charge in [-0.15, -0.1) is 0 Å². The second-order valence-corrected chi connectivity index (χ2v) is 33.4. The Morgan fingerprint density at radius 1 is 0.274 bits per heavy atom. The summed E-state index contributed by atoms with van der Waals surface area (Å²) in [6.07, 6.45) is 0. The zero-order valence-corrected chi connectivity index (χ0v) is 62.2. The molecule has 5 nitrogen and oxygen atoms in total. The van der Waals surface area contributed by atoms with E-state index in [4.69, 9.17) is 8.53 Å². The molecule has 2 aliphatic heterocycles. The van der Waals surface area contributed by atoms with Crippen LogP contribution in [0.15, 0.2) is 302 Å². The SMILES string of the molecule is [2H]c1c([2H])c([2H])c(-c2ccc3c(c2)N(c2cccc4c2oc2c(-n5c6ccc(C(C)(C)C)cc6c6cc(C(C)(C)C)ccc65)cccc24)c2cc(-c4ccccc4)cc4c2B3c2ccc(-n3c5ccc(C(C)(C)C)cc5c5cc(C(C)(C)C)ccc53)cc2N4c2cc(-c3ccccc3)cc(-c3ccccc3)c2)c([2H])c1[2H]. The number of aromatic nitrogens is 2. The minimum Gasteiger partial charge on any atom is -0.452 e. The van der Waals surface area contributed by atoms with Gasteiger partial charge in [0.25, 0.3) is 6.71 Å². The van der Waals surface area contributed by atoms with Crippen molar-refractivity contribution in [1.29, 1.82) is 0 Å². The summed E-state index contributed by atoms with van der Waals surface area (Å²) >= 11 is 0. The second kappa shape index (κ2) is 23.8. The fourth-order valence-electron chi connectivity index (χ4n) is 16.9. The molecule has 0 atom stereocenters. The Hall–Kier alpha value is -11.9. The van der Waals surface area contributed by atoms with E-state index >= 15 is 0 Å². The number of hydrogen-bond acceptors (Lipinski definition) is 3. The van der Waals surface area contributed by atoms with Crippen molar-refractivity contribution in [1.82, 2.24) is 9.13 Å². The molecule has 0 radical (unpaired) electrons. The van der Waals surface area contributed by atoms with Gasteiger partial charge in [0.1, 0.15) is 0 Å². The van der Waals surface area contributed by atoms with Crippen LogP contribution >= 0.6 is 0 Å². The molecule has 0 unspecified atom stereocenters. The summed E-state index contributed by atoms with van der Waals surface area (Å²) in [7, 11) is 0. The van der Waals surface area contributed by atoms with Crippen LogP contribution in [0.4, 0.5) is 34.1 Å². The van der Waals surface area contributed by atoms with E-state index in [1.165, 1.54) is 43.8 Å². The van der Waals surface area contributed by atoms with Gasteiger partial charge in [0, 0.05) is 66.4 Å². The molecule has 0 saturated heterocycles. The molecule has 17 aromatic rings. The summed E-state index contributed by atoms with van der Waals surface area (Å²) in [4.78, 5) is 4.88. The first-order chi connectivity index (χ1) is 53.2. The van der Waals surface area contributed by atoms with Gasteiger partial charge in [0.15, 0.2) is 11.2 Å². The summed E-state index contributed by atoms with van der Waals surface area (Å²) in [6, 6.07) is 96.3. The standard InChI is InChI=1S/C100H85BN4O/c1-97(2,3)70-40-47-84-78(57-70)79-58-71(98(4,5)6)41-48-85(79)102(84)74-44-46-83-91(61-74)103(75-52-67(63-29-19-14-20-30-63)51-68(53-75)64-31-21-15-22-32-64)92-55-69(65-33-23-16-24-34-65)56-93-94(92)101(83)82-45-39-66(62-27-17-13-18-28-62)54-90(82)105(93)89-38-26-36-77-76-35-25-37-88(95(76)106-96(77)89)104-86-49-42-72(99(7,8)9)59-80(86)81-60-73(100(10,11)12)43-50-87(81)104/h13-61H,1-12H3/i13D,17D,18D,27D,28D. The lowest BCUT2D eigenvalue weighted by Crippen LogP contribution is -2.61. The van der Waals surface area contributed by atoms with Crippen LogP contribution in [0.3, 0.4) is 0 Å². The lowest BCUT2D eigenvalue weighted by molar-refractivity contribution is 0.590. The number of rotatable bonds is 8. The lowest BCUT2D eigenvalue weighted by Gasteiger charge is -2.44. The minimum atomic E-state index is -0.442. The molecule has 0 amide bonds. The highest BCUT2D eigenvalue weighted by Gasteiger charge is 2.45. The average Bonchev–Trinajstić information content (AvgIpc) is 0.804. The molecule has 0 fully saturated rings. The van der Waals surface area contributed by atoms with E-state index in [0.717, 1.165) is 134 Å². The van der Waals surface area contributed by atoms with E-state index in [2.05, 4.69) is 363 Å². The van der Waals surface area contributed by atoms with Crippen LogP contribution in [0.25, 0.3) is 121 Å². The highest BCUT2D eigenvalue weighted by Crippen LogP contribution is 2.52. The fraction of sp³-hybridized carbons (Fsp3) is 0.160. The molecule has 0 bridgehead atoms. The summed E-state index contributed by atoms with van der Waals surface area (Å²) in [5.41, 5.74) is 27.8. The number of hydrogen-bond donors (Lipinski definition) is 0. The highest BCUT2D eigenvalue weighted by molar-refractivity contribution is 7.00. The van der Waals surface area contributed by atoms with Gasteiger partial charge in [0.2, 0.25) is 0 Å². The summed E-state index contributed by atoms with van der Waals surface area (Å²) in [6.45, 7) is 27.0. The third-order valence-electron chi connectivity index (χ3n) is 22.6. The maximum absolute atomic E-state index is 9.59. The predicted octanol–water partition coefficient (Wildman–Crippen LogP) is 25.7. The van der Waals surface area contributed by atoms with Crippen molar-refractivity contribution in [3.05, 3.63) is 319 Å². The largest absolute Gasteiger partial charge is 0.452 e. The second-order valence-electron chi connectivity index (χ2n) is 33.4.